The van der Waals surface area contributed by atoms with Crippen LogP contribution >= 0.6 is 0 Å². The molecule has 19 nitrogen and oxygen atoms in total. The molecule has 2 aromatic carbocycles. The number of rotatable bonds is 10. The van der Waals surface area contributed by atoms with Gasteiger partial charge >= 0.3 is 206 Å². The summed E-state index contributed by atoms with van der Waals surface area (Å²) in [6.07, 6.45) is 7.85. The Morgan fingerprint density at radius 1 is 0.442 bits per heavy atom. The van der Waals surface area contributed by atoms with Gasteiger partial charge in [-0.25, -0.2) is 0 Å². The molecule has 0 amide bonds. The number of halogens is 7. The second-order valence-electron chi connectivity index (χ2n) is 6.80. The first-order valence-electron chi connectivity index (χ1n) is 11.6. The molecule has 0 unspecified atom stereocenters. The number of hydrogen-bond donors (Lipinski definition) is 0. The number of hydrogen-bond acceptors (Lipinski definition) is 19. The van der Waals surface area contributed by atoms with Gasteiger partial charge in [0.05, 0.1) is 6.61 Å². The van der Waals surface area contributed by atoms with E-state index in [1.165, 1.54) is 45.7 Å². The predicted octanol–water partition coefficient (Wildman–Crippen LogP) is -13.8. The predicted molar refractivity (Wildman–Crippen MR) is 143 cm³/mol. The first-order valence-corrected chi connectivity index (χ1v) is 32.5. The van der Waals surface area contributed by atoms with Crippen molar-refractivity contribution in [1.29, 1.82) is 0 Å². The van der Waals surface area contributed by atoms with E-state index < -0.39 is 126 Å². The summed E-state index contributed by atoms with van der Waals surface area (Å²) < 4.78 is 164. The molecular weight excluding hydrogens is 1520 g/mol. The molecule has 0 aromatic heterocycles. The molecule has 0 bridgehead atoms. The van der Waals surface area contributed by atoms with Crippen molar-refractivity contribution in [2.45, 2.75) is 45.4 Å². The molecule has 0 N–H and O–H groups in total. The van der Waals surface area contributed by atoms with E-state index in [1.807, 2.05) is 0 Å². The van der Waals surface area contributed by atoms with Gasteiger partial charge in [-0.3, -0.25) is 28.2 Å². The molecule has 32 heteroatoms. The van der Waals surface area contributed by atoms with Crippen molar-refractivity contribution in [1.82, 2.24) is 0 Å². The standard InChI is InChI=1S/C20H26IO.6FH.18O.6Sb/c1-2-3-4-5-6-10-17-22-20-15-13-19(14-16-20)21-18-11-8-7-9-12-18;;;;;;;;;;;;;;;;;;;;;;;;;;;;;;/h7-9,11-16H,2-6,10,17H2,1H3;6*1H;;;;;;;;;;;;;;;;;;;;;;;;/q+1;;;;;;;;;;;;;12*-1;;;;;;. The molecule has 0 saturated carbocycles. The first kappa shape index (κ1) is 81.9. The molecule has 0 fully saturated rings. The molecule has 6 radical (unpaired) electrons. The minimum atomic E-state index is -4.20. The van der Waals surface area contributed by atoms with Crippen LogP contribution < -0.4 is 66.6 Å². The summed E-state index contributed by atoms with van der Waals surface area (Å²) in [6.45, 7) is 3.10. The number of ether oxygens (including phenoxy) is 1. The maximum atomic E-state index is 8.60. The van der Waals surface area contributed by atoms with Crippen LogP contribution in [-0.2, 0) is 18.1 Å². The average Bonchev–Trinajstić information content (AvgIpc) is 2.88. The van der Waals surface area contributed by atoms with Crippen LogP contribution in [0, 0.1) is 7.14 Å². The van der Waals surface area contributed by atoms with E-state index in [2.05, 4.69) is 61.5 Å². The molecule has 0 heterocycles. The fourth-order valence-electron chi connectivity index (χ4n) is 2.27. The van der Waals surface area contributed by atoms with Gasteiger partial charge in [0.15, 0.2) is 7.14 Å². The molecular formula is C20H32F6IO19Sb6-11. The van der Waals surface area contributed by atoms with Gasteiger partial charge in [-0.05, 0) is 42.8 Å². The van der Waals surface area contributed by atoms with Crippen molar-refractivity contribution < 1.29 is 113 Å². The molecule has 0 aliphatic rings. The van der Waals surface area contributed by atoms with Gasteiger partial charge in [0, 0.05) is 0 Å². The summed E-state index contributed by atoms with van der Waals surface area (Å²) in [6, 6.07) is 19.4. The first-order chi connectivity index (χ1) is 21.3. The monoisotopic (exact) mass is 1540 g/mol. The molecule has 0 saturated heterocycles. The summed E-state index contributed by atoms with van der Waals surface area (Å²) in [5, 5.41) is 0. The quantitative estimate of drug-likeness (QED) is 0.0922. The van der Waals surface area contributed by atoms with Gasteiger partial charge in [0.25, 0.3) is 0 Å². The Hall–Kier alpha value is 1.78. The fourth-order valence-corrected chi connectivity index (χ4v) is 4.48. The van der Waals surface area contributed by atoms with Crippen molar-refractivity contribution in [3.63, 3.8) is 0 Å². The summed E-state index contributed by atoms with van der Waals surface area (Å²) in [5.74, 6) is 1.01. The van der Waals surface area contributed by atoms with Crippen LogP contribution in [0.25, 0.3) is 0 Å². The van der Waals surface area contributed by atoms with Gasteiger partial charge in [-0.2, -0.15) is 0 Å². The van der Waals surface area contributed by atoms with Crippen molar-refractivity contribution >= 4 is 126 Å². The van der Waals surface area contributed by atoms with Crippen molar-refractivity contribution in [3.05, 3.63) is 61.7 Å². The molecule has 2 aromatic rings. The zero-order valence-electron chi connectivity index (χ0n) is 25.9. The van der Waals surface area contributed by atoms with Crippen molar-refractivity contribution in [2.24, 2.45) is 0 Å². The topological polar surface area (TPSA) is 388 Å². The SMILES string of the molecule is CCCCCCCCOc1ccc([I+]c2ccccc2)cc1.F.F.F.F.F.F.[O]=[Sb]([O-])[O-].[O]=[Sb]([O-])[O-].[O]=[Sb]([O-])[O-].[O]=[Sb]([O-])[O-].[O]=[Sb]([O-])[O-].[O]=[Sb]([O-])[O-]. The third-order valence-corrected chi connectivity index (χ3v) is 6.22. The second kappa shape index (κ2) is 64.7. The van der Waals surface area contributed by atoms with E-state index in [0.717, 1.165) is 12.4 Å². The Balaban J connectivity index is -0.0000000520. The van der Waals surface area contributed by atoms with E-state index >= 15 is 0 Å². The maximum absolute atomic E-state index is 8.60. The second-order valence-corrected chi connectivity index (χ2v) is 17.5. The van der Waals surface area contributed by atoms with Crippen LogP contribution in [0.2, 0.25) is 0 Å². The number of unbranched alkanes of at least 4 members (excludes halogenated alkanes) is 5. The van der Waals surface area contributed by atoms with Crippen LogP contribution in [0.15, 0.2) is 54.6 Å². The molecule has 0 aliphatic heterocycles. The molecule has 2 rings (SSSR count). The van der Waals surface area contributed by atoms with Crippen LogP contribution in [-0.4, -0.2) is 133 Å². The van der Waals surface area contributed by atoms with Gasteiger partial charge in [0.2, 0.25) is 0 Å². The van der Waals surface area contributed by atoms with Gasteiger partial charge < -0.3 is 4.74 Å². The third kappa shape index (κ3) is 124. The molecule has 0 atom stereocenters. The van der Waals surface area contributed by atoms with E-state index in [4.69, 9.17) is 63.5 Å². The van der Waals surface area contributed by atoms with E-state index in [1.54, 1.807) is 0 Å². The number of benzene rings is 2. The van der Waals surface area contributed by atoms with Gasteiger partial charge in [-0.1, -0.05) is 57.2 Å². The molecule has 52 heavy (non-hydrogen) atoms. The fraction of sp³-hybridized carbons (Fsp3) is 0.400. The van der Waals surface area contributed by atoms with Crippen LogP contribution in [0.4, 0.5) is 28.2 Å². The summed E-state index contributed by atoms with van der Waals surface area (Å²) in [7, 11) is 0. The third-order valence-electron chi connectivity index (χ3n) is 3.53. The summed E-state index contributed by atoms with van der Waals surface area (Å²) in [4.78, 5) is 0. The van der Waals surface area contributed by atoms with Crippen molar-refractivity contribution in [3.8, 4) is 5.75 Å². The van der Waals surface area contributed by atoms with E-state index in [0.29, 0.717) is 0 Å². The van der Waals surface area contributed by atoms with Gasteiger partial charge in [-0.15, -0.1) is 0 Å². The normalized spacial score (nSPS) is 7.48. The van der Waals surface area contributed by atoms with Crippen LogP contribution in [0.3, 0.4) is 0 Å². The van der Waals surface area contributed by atoms with Crippen LogP contribution in [0.1, 0.15) is 45.4 Å². The Kier molecular flexibility index (Phi) is 102. The van der Waals surface area contributed by atoms with E-state index in [9.17, 15) is 0 Å². The zero-order chi connectivity index (χ0) is 36.9. The van der Waals surface area contributed by atoms with Gasteiger partial charge in [0.1, 0.15) is 5.75 Å². The Morgan fingerprint density at radius 3 is 1.02 bits per heavy atom. The average molecular weight is 1550 g/mol. The Bertz CT molecular complexity index is 993. The van der Waals surface area contributed by atoms with Crippen molar-refractivity contribution in [2.75, 3.05) is 6.61 Å². The molecule has 0 aliphatic carbocycles. The Labute approximate surface area is 353 Å². The summed E-state index contributed by atoms with van der Waals surface area (Å²) in [5.41, 5.74) is 0. The summed E-state index contributed by atoms with van der Waals surface area (Å²) >= 11 is -25.3. The van der Waals surface area contributed by atoms with E-state index in [-0.39, 0.29) is 49.4 Å². The molecule has 0 spiro atoms. The molecule has 316 valence electrons. The Morgan fingerprint density at radius 2 is 0.712 bits per heavy atom. The van der Waals surface area contributed by atoms with Crippen LogP contribution in [0.5, 0.6) is 5.75 Å². The zero-order valence-corrected chi connectivity index (χ0v) is 43.4. The minimum absolute atomic E-state index is 0.